The van der Waals surface area contributed by atoms with Crippen molar-refractivity contribution in [1.29, 1.82) is 0 Å². The molecule has 31 heavy (non-hydrogen) atoms. The van der Waals surface area contributed by atoms with E-state index in [2.05, 4.69) is 5.32 Å². The Kier molecular flexibility index (Phi) is 5.86. The van der Waals surface area contributed by atoms with Crippen LogP contribution < -0.4 is 5.32 Å². The lowest BCUT2D eigenvalue weighted by atomic mass is 9.76. The number of nitrogens with one attached hydrogen (secondary N) is 1. The number of benzene rings is 2. The molecule has 0 radical (unpaired) electrons. The fraction of sp³-hybridized carbons (Fsp3) is 0.375. The van der Waals surface area contributed by atoms with Crippen molar-refractivity contribution in [2.75, 3.05) is 13.2 Å². The van der Waals surface area contributed by atoms with Gasteiger partial charge < -0.3 is 4.74 Å². The van der Waals surface area contributed by atoms with Gasteiger partial charge in [-0.05, 0) is 37.1 Å². The van der Waals surface area contributed by atoms with E-state index in [-0.39, 0.29) is 31.4 Å². The Hall–Kier alpha value is -2.70. The second-order valence-corrected chi connectivity index (χ2v) is 8.39. The number of amides is 2. The summed E-state index contributed by atoms with van der Waals surface area (Å²) >= 11 is 6.06. The van der Waals surface area contributed by atoms with Gasteiger partial charge in [-0.1, -0.05) is 54.1 Å². The molecule has 2 aromatic carbocycles. The number of carbonyl (C=O) groups excluding carboxylic acids is 3. The molecule has 4 rings (SSSR count). The van der Waals surface area contributed by atoms with Gasteiger partial charge in [0.05, 0.1) is 18.4 Å². The minimum absolute atomic E-state index is 0.180. The topological polar surface area (TPSA) is 75.7 Å². The third-order valence-corrected chi connectivity index (χ3v) is 6.51. The second-order valence-electron chi connectivity index (χ2n) is 7.95. The molecule has 7 heteroatoms. The minimum Gasteiger partial charge on any atom is -0.465 e. The fourth-order valence-corrected chi connectivity index (χ4v) is 5.06. The average Bonchev–Trinajstić information content (AvgIpc) is 3.24. The van der Waals surface area contributed by atoms with Crippen LogP contribution in [0.2, 0.25) is 5.02 Å². The summed E-state index contributed by atoms with van der Waals surface area (Å²) in [6.45, 7) is 3.95. The highest BCUT2D eigenvalue weighted by Crippen LogP contribution is 2.50. The molecular formula is C24H25ClN2O4. The van der Waals surface area contributed by atoms with Crippen LogP contribution in [0.4, 0.5) is 0 Å². The first-order chi connectivity index (χ1) is 14.9. The molecule has 162 valence electrons. The molecule has 2 aromatic rings. The number of likely N-dealkylation sites (tertiary alicyclic amines) is 1. The smallest absolute Gasteiger partial charge is 0.327 e. The van der Waals surface area contributed by atoms with Gasteiger partial charge in [0.1, 0.15) is 5.54 Å². The van der Waals surface area contributed by atoms with Crippen LogP contribution in [-0.4, -0.2) is 41.4 Å². The van der Waals surface area contributed by atoms with Crippen LogP contribution in [0.5, 0.6) is 0 Å². The molecule has 0 aromatic heterocycles. The van der Waals surface area contributed by atoms with Crippen molar-refractivity contribution < 1.29 is 19.1 Å². The molecule has 2 amide bonds. The first-order valence-electron chi connectivity index (χ1n) is 10.5. The number of nitrogens with zero attached hydrogens (tertiary/aromatic N) is 1. The van der Waals surface area contributed by atoms with Crippen molar-refractivity contribution in [1.82, 2.24) is 10.2 Å². The maximum Gasteiger partial charge on any atom is 0.327 e. The summed E-state index contributed by atoms with van der Waals surface area (Å²) in [7, 11) is 0. The first kappa shape index (κ1) is 21.5. The highest BCUT2D eigenvalue weighted by atomic mass is 35.5. The van der Waals surface area contributed by atoms with Crippen molar-refractivity contribution >= 4 is 29.4 Å². The number of carbonyl (C=O) groups is 3. The molecule has 0 saturated carbocycles. The van der Waals surface area contributed by atoms with E-state index in [1.54, 1.807) is 26.0 Å². The first-order valence-corrected chi connectivity index (χ1v) is 10.9. The third-order valence-electron chi connectivity index (χ3n) is 6.26. The Balaban J connectivity index is 1.86. The van der Waals surface area contributed by atoms with Crippen molar-refractivity contribution in [3.8, 4) is 0 Å². The number of imide groups is 1. The lowest BCUT2D eigenvalue weighted by molar-refractivity contribution is -0.156. The summed E-state index contributed by atoms with van der Waals surface area (Å²) in [5.41, 5.74) is 0.342. The van der Waals surface area contributed by atoms with Crippen LogP contribution >= 0.6 is 11.6 Å². The maximum atomic E-state index is 13.4. The zero-order chi connectivity index (χ0) is 22.2. The van der Waals surface area contributed by atoms with Gasteiger partial charge in [0.15, 0.2) is 0 Å². The van der Waals surface area contributed by atoms with Crippen molar-refractivity contribution in [3.05, 3.63) is 70.7 Å². The summed E-state index contributed by atoms with van der Waals surface area (Å²) in [5.74, 6) is -2.64. The molecule has 2 fully saturated rings. The molecule has 1 N–H and O–H groups in total. The van der Waals surface area contributed by atoms with E-state index in [0.717, 1.165) is 11.1 Å². The number of fused-ring (bicyclic) bond motifs is 1. The summed E-state index contributed by atoms with van der Waals surface area (Å²) in [6.07, 6.45) is 0.245. The van der Waals surface area contributed by atoms with Gasteiger partial charge in [0.2, 0.25) is 11.8 Å². The highest BCUT2D eigenvalue weighted by Gasteiger charge is 2.68. The Bertz CT molecular complexity index is 994. The van der Waals surface area contributed by atoms with Crippen LogP contribution in [0.15, 0.2) is 54.6 Å². The van der Waals surface area contributed by atoms with Crippen LogP contribution in [0.3, 0.4) is 0 Å². The SMILES string of the molecule is CCOC(=O)C1(Cc2ccccc2)NC(c2ccc(Cl)cc2)C2C(=O)N(CC)C(=O)C21. The molecule has 0 spiro atoms. The number of halogens is 1. The van der Waals surface area contributed by atoms with Gasteiger partial charge in [-0.15, -0.1) is 0 Å². The van der Waals surface area contributed by atoms with Gasteiger partial charge in [-0.25, -0.2) is 0 Å². The Morgan fingerprint density at radius 1 is 1.06 bits per heavy atom. The van der Waals surface area contributed by atoms with Crippen LogP contribution in [0, 0.1) is 11.8 Å². The van der Waals surface area contributed by atoms with E-state index in [0.29, 0.717) is 5.02 Å². The quantitative estimate of drug-likeness (QED) is 0.551. The van der Waals surface area contributed by atoms with Crippen LogP contribution in [0.1, 0.15) is 31.0 Å². The lowest BCUT2D eigenvalue weighted by Gasteiger charge is -2.33. The van der Waals surface area contributed by atoms with E-state index >= 15 is 0 Å². The van der Waals surface area contributed by atoms with Crippen LogP contribution in [0.25, 0.3) is 0 Å². The lowest BCUT2D eigenvalue weighted by Crippen LogP contribution is -2.58. The normalized spacial score (nSPS) is 27.5. The monoisotopic (exact) mass is 440 g/mol. The van der Waals surface area contributed by atoms with Crippen LogP contribution in [-0.2, 0) is 25.5 Å². The predicted octanol–water partition coefficient (Wildman–Crippen LogP) is 3.15. The number of rotatable bonds is 6. The van der Waals surface area contributed by atoms with Gasteiger partial charge in [0.25, 0.3) is 0 Å². The third kappa shape index (κ3) is 3.54. The summed E-state index contributed by atoms with van der Waals surface area (Å²) in [4.78, 5) is 41.4. The predicted molar refractivity (Wildman–Crippen MR) is 116 cm³/mol. The fourth-order valence-electron chi connectivity index (χ4n) is 4.93. The molecule has 4 atom stereocenters. The molecule has 2 heterocycles. The molecule has 6 nitrogen and oxygen atoms in total. The maximum absolute atomic E-state index is 13.4. The number of hydrogen-bond acceptors (Lipinski definition) is 5. The van der Waals surface area contributed by atoms with Gasteiger partial charge >= 0.3 is 5.97 Å². The van der Waals surface area contributed by atoms with E-state index in [1.807, 2.05) is 42.5 Å². The largest absolute Gasteiger partial charge is 0.465 e. The standard InChI is InChI=1S/C24H25ClN2O4/c1-3-27-21(28)18-19(22(27)29)24(23(30)31-4-2,14-15-8-6-5-7-9-15)26-20(18)16-10-12-17(25)13-11-16/h5-13,18-20,26H,3-4,14H2,1-2H3. The van der Waals surface area contributed by atoms with Gasteiger partial charge in [-0.2, -0.15) is 0 Å². The molecular weight excluding hydrogens is 416 g/mol. The zero-order valence-electron chi connectivity index (χ0n) is 17.5. The summed E-state index contributed by atoms with van der Waals surface area (Å²) < 4.78 is 5.46. The summed E-state index contributed by atoms with van der Waals surface area (Å²) in [6, 6.07) is 16.1. The molecule has 2 saturated heterocycles. The van der Waals surface area contributed by atoms with Crippen molar-refractivity contribution in [2.24, 2.45) is 11.8 Å². The van der Waals surface area contributed by atoms with Gasteiger partial charge in [0, 0.05) is 24.0 Å². The second kappa shape index (κ2) is 8.44. The van der Waals surface area contributed by atoms with E-state index in [4.69, 9.17) is 16.3 Å². The number of esters is 1. The van der Waals surface area contributed by atoms with E-state index in [1.165, 1.54) is 4.90 Å². The Morgan fingerprint density at radius 2 is 1.74 bits per heavy atom. The minimum atomic E-state index is -1.34. The zero-order valence-corrected chi connectivity index (χ0v) is 18.3. The molecule has 4 unspecified atom stereocenters. The van der Waals surface area contributed by atoms with E-state index in [9.17, 15) is 14.4 Å². The van der Waals surface area contributed by atoms with E-state index < -0.39 is 29.4 Å². The molecule has 0 aliphatic carbocycles. The van der Waals surface area contributed by atoms with Crippen molar-refractivity contribution in [3.63, 3.8) is 0 Å². The average molecular weight is 441 g/mol. The Morgan fingerprint density at radius 3 is 2.35 bits per heavy atom. The number of hydrogen-bond donors (Lipinski definition) is 1. The Labute approximate surface area is 186 Å². The van der Waals surface area contributed by atoms with Gasteiger partial charge in [-0.3, -0.25) is 24.6 Å². The molecule has 2 aliphatic heterocycles. The van der Waals surface area contributed by atoms with Crippen molar-refractivity contribution in [2.45, 2.75) is 31.8 Å². The molecule has 0 bridgehead atoms. The highest BCUT2D eigenvalue weighted by molar-refractivity contribution is 6.30. The molecule has 2 aliphatic rings. The number of ether oxygens (including phenoxy) is 1. The summed E-state index contributed by atoms with van der Waals surface area (Å²) in [5, 5.41) is 3.97.